The molecular formula is C12H15FN4O. The maximum absolute atomic E-state index is 13.2. The Bertz CT molecular complexity index is 473. The average Bonchev–Trinajstić information content (AvgIpc) is 2.67. The van der Waals surface area contributed by atoms with E-state index in [4.69, 9.17) is 0 Å². The van der Waals surface area contributed by atoms with Crippen LogP contribution in [0.25, 0.3) is 0 Å². The summed E-state index contributed by atoms with van der Waals surface area (Å²) in [6.45, 7) is 1.70. The zero-order chi connectivity index (χ0) is 12.6. The lowest BCUT2D eigenvalue weighted by Crippen LogP contribution is -2.57. The van der Waals surface area contributed by atoms with Gasteiger partial charge in [-0.15, -0.1) is 0 Å². The van der Waals surface area contributed by atoms with Crippen LogP contribution in [0.2, 0.25) is 0 Å². The van der Waals surface area contributed by atoms with Gasteiger partial charge in [-0.3, -0.25) is 0 Å². The highest BCUT2D eigenvalue weighted by molar-refractivity contribution is 5.93. The predicted octanol–water partition coefficient (Wildman–Crippen LogP) is 0.940. The monoisotopic (exact) mass is 250 g/mol. The van der Waals surface area contributed by atoms with E-state index in [1.807, 2.05) is 0 Å². The second-order valence-electron chi connectivity index (χ2n) is 4.69. The van der Waals surface area contributed by atoms with Crippen LogP contribution in [0.3, 0.4) is 0 Å². The minimum atomic E-state index is -0.394. The number of hydrazine groups is 1. The Labute approximate surface area is 104 Å². The van der Waals surface area contributed by atoms with Crippen LogP contribution in [0.5, 0.6) is 0 Å². The lowest BCUT2D eigenvalue weighted by Gasteiger charge is -2.33. The normalized spacial score (nSPS) is 22.3. The van der Waals surface area contributed by atoms with Crippen LogP contribution in [0.15, 0.2) is 24.3 Å². The molecule has 2 amide bonds. The van der Waals surface area contributed by atoms with Gasteiger partial charge in [-0.25, -0.2) is 19.6 Å². The van der Waals surface area contributed by atoms with E-state index in [-0.39, 0.29) is 11.8 Å². The molecule has 0 radical (unpaired) electrons. The standard InChI is InChI=1S/C12H15FN4O/c13-9-2-1-3-10(8-9)17-11(18)15-12(16-17)4-6-14-7-5-12/h1-3,8,14,16H,4-7H2,(H,15,18). The summed E-state index contributed by atoms with van der Waals surface area (Å²) in [5, 5.41) is 7.58. The first-order valence-electron chi connectivity index (χ1n) is 6.05. The van der Waals surface area contributed by atoms with Gasteiger partial charge in [0.05, 0.1) is 5.69 Å². The Morgan fingerprint density at radius 3 is 2.78 bits per heavy atom. The fraction of sp³-hybridized carbons (Fsp3) is 0.417. The molecule has 5 nitrogen and oxygen atoms in total. The Hall–Kier alpha value is -1.66. The summed E-state index contributed by atoms with van der Waals surface area (Å²) in [5.41, 5.74) is 3.29. The Morgan fingerprint density at radius 1 is 1.28 bits per heavy atom. The summed E-state index contributed by atoms with van der Waals surface area (Å²) in [7, 11) is 0. The first-order chi connectivity index (χ1) is 8.69. The third-order valence-corrected chi connectivity index (χ3v) is 3.40. The molecule has 96 valence electrons. The van der Waals surface area contributed by atoms with Crippen molar-refractivity contribution in [3.63, 3.8) is 0 Å². The smallest absolute Gasteiger partial charge is 0.317 e. The molecule has 1 spiro atoms. The SMILES string of the molecule is O=C1NC2(CCNCC2)NN1c1cccc(F)c1. The van der Waals surface area contributed by atoms with Crippen molar-refractivity contribution in [3.05, 3.63) is 30.1 Å². The number of halogens is 1. The lowest BCUT2D eigenvalue weighted by atomic mass is 10.00. The van der Waals surface area contributed by atoms with E-state index in [0.29, 0.717) is 5.69 Å². The summed E-state index contributed by atoms with van der Waals surface area (Å²) < 4.78 is 13.2. The van der Waals surface area contributed by atoms with Crippen LogP contribution in [0.1, 0.15) is 12.8 Å². The molecule has 2 saturated heterocycles. The van der Waals surface area contributed by atoms with Crippen molar-refractivity contribution in [2.24, 2.45) is 0 Å². The van der Waals surface area contributed by atoms with Gasteiger partial charge in [-0.05, 0) is 44.1 Å². The van der Waals surface area contributed by atoms with E-state index in [0.717, 1.165) is 25.9 Å². The molecule has 0 aromatic heterocycles. The lowest BCUT2D eigenvalue weighted by molar-refractivity contribution is 0.229. The average molecular weight is 250 g/mol. The molecule has 0 bridgehead atoms. The predicted molar refractivity (Wildman–Crippen MR) is 65.4 cm³/mol. The summed E-state index contributed by atoms with van der Waals surface area (Å²) in [5.74, 6) is -0.353. The molecular weight excluding hydrogens is 235 g/mol. The van der Waals surface area contributed by atoms with Crippen LogP contribution in [0, 0.1) is 5.82 Å². The molecule has 3 N–H and O–H groups in total. The number of hydrogen-bond donors (Lipinski definition) is 3. The molecule has 18 heavy (non-hydrogen) atoms. The molecule has 0 atom stereocenters. The molecule has 0 saturated carbocycles. The second-order valence-corrected chi connectivity index (χ2v) is 4.69. The Kier molecular flexibility index (Phi) is 2.68. The third-order valence-electron chi connectivity index (χ3n) is 3.40. The first-order valence-corrected chi connectivity index (χ1v) is 6.05. The van der Waals surface area contributed by atoms with Crippen LogP contribution in [-0.2, 0) is 0 Å². The summed E-state index contributed by atoms with van der Waals surface area (Å²) >= 11 is 0. The highest BCUT2D eigenvalue weighted by Crippen LogP contribution is 2.25. The molecule has 0 aliphatic carbocycles. The Balaban J connectivity index is 1.84. The van der Waals surface area contributed by atoms with E-state index < -0.39 is 5.66 Å². The summed E-state index contributed by atoms with van der Waals surface area (Å²) in [4.78, 5) is 12.0. The van der Waals surface area contributed by atoms with Gasteiger partial charge in [0, 0.05) is 0 Å². The van der Waals surface area contributed by atoms with Crippen LogP contribution >= 0.6 is 0 Å². The quantitative estimate of drug-likeness (QED) is 0.695. The van der Waals surface area contributed by atoms with Crippen molar-refractivity contribution in [2.75, 3.05) is 18.1 Å². The number of carbonyl (C=O) groups is 1. The van der Waals surface area contributed by atoms with E-state index in [2.05, 4.69) is 16.1 Å². The van der Waals surface area contributed by atoms with Gasteiger partial charge in [0.25, 0.3) is 0 Å². The van der Waals surface area contributed by atoms with Crippen molar-refractivity contribution >= 4 is 11.7 Å². The molecule has 1 aromatic rings. The zero-order valence-corrected chi connectivity index (χ0v) is 9.87. The van der Waals surface area contributed by atoms with E-state index in [1.54, 1.807) is 12.1 Å². The Morgan fingerprint density at radius 2 is 2.06 bits per heavy atom. The highest BCUT2D eigenvalue weighted by atomic mass is 19.1. The number of piperidine rings is 1. The molecule has 2 fully saturated rings. The maximum Gasteiger partial charge on any atom is 0.338 e. The number of rotatable bonds is 1. The van der Waals surface area contributed by atoms with Crippen molar-refractivity contribution in [1.29, 1.82) is 0 Å². The minimum absolute atomic E-state index is 0.234. The van der Waals surface area contributed by atoms with Crippen molar-refractivity contribution < 1.29 is 9.18 Å². The number of benzene rings is 1. The molecule has 1 aromatic carbocycles. The van der Waals surface area contributed by atoms with E-state index in [1.165, 1.54) is 17.1 Å². The van der Waals surface area contributed by atoms with Gasteiger partial charge in [0.2, 0.25) is 0 Å². The van der Waals surface area contributed by atoms with E-state index >= 15 is 0 Å². The van der Waals surface area contributed by atoms with Gasteiger partial charge in [0.15, 0.2) is 0 Å². The van der Waals surface area contributed by atoms with Crippen molar-refractivity contribution in [3.8, 4) is 0 Å². The number of urea groups is 1. The first kappa shape index (κ1) is 11.4. The van der Waals surface area contributed by atoms with Crippen LogP contribution in [0.4, 0.5) is 14.9 Å². The molecule has 6 heteroatoms. The van der Waals surface area contributed by atoms with Gasteiger partial charge in [-0.2, -0.15) is 0 Å². The van der Waals surface area contributed by atoms with Gasteiger partial charge in [-0.1, -0.05) is 6.07 Å². The van der Waals surface area contributed by atoms with Crippen molar-refractivity contribution in [2.45, 2.75) is 18.5 Å². The topological polar surface area (TPSA) is 56.4 Å². The minimum Gasteiger partial charge on any atom is -0.317 e. The molecule has 2 heterocycles. The largest absolute Gasteiger partial charge is 0.338 e. The molecule has 2 aliphatic rings. The fourth-order valence-electron chi connectivity index (χ4n) is 2.44. The third kappa shape index (κ3) is 1.93. The summed E-state index contributed by atoms with van der Waals surface area (Å²) in [6.07, 6.45) is 1.62. The molecule has 3 rings (SSSR count). The fourth-order valence-corrected chi connectivity index (χ4v) is 2.44. The highest BCUT2D eigenvalue weighted by Gasteiger charge is 2.43. The van der Waals surface area contributed by atoms with Gasteiger partial charge >= 0.3 is 6.03 Å². The molecule has 0 unspecified atom stereocenters. The van der Waals surface area contributed by atoms with Gasteiger partial charge in [0.1, 0.15) is 11.5 Å². The maximum atomic E-state index is 13.2. The van der Waals surface area contributed by atoms with Gasteiger partial charge < -0.3 is 10.6 Å². The summed E-state index contributed by atoms with van der Waals surface area (Å²) in [6, 6.07) is 5.76. The number of hydrogen-bond acceptors (Lipinski definition) is 3. The van der Waals surface area contributed by atoms with Crippen LogP contribution in [-0.4, -0.2) is 24.8 Å². The number of amides is 2. The van der Waals surface area contributed by atoms with Crippen LogP contribution < -0.4 is 21.1 Å². The molecule has 2 aliphatic heterocycles. The number of anilines is 1. The number of carbonyl (C=O) groups excluding carboxylic acids is 1. The second kappa shape index (κ2) is 4.22. The number of nitrogens with one attached hydrogen (secondary N) is 3. The zero-order valence-electron chi connectivity index (χ0n) is 9.87. The van der Waals surface area contributed by atoms with E-state index in [9.17, 15) is 9.18 Å². The number of nitrogens with zero attached hydrogens (tertiary/aromatic N) is 1. The van der Waals surface area contributed by atoms with Crippen molar-refractivity contribution in [1.82, 2.24) is 16.1 Å².